The molecule has 0 saturated carbocycles. The summed E-state index contributed by atoms with van der Waals surface area (Å²) in [5.41, 5.74) is -0.695. The van der Waals surface area contributed by atoms with Crippen molar-refractivity contribution in [3.8, 4) is 5.75 Å². The number of para-hydroxylation sites is 1. The van der Waals surface area contributed by atoms with Crippen LogP contribution in [0.4, 0.5) is 0 Å². The molecule has 2 unspecified atom stereocenters. The second-order valence-corrected chi connectivity index (χ2v) is 4.71. The molecule has 1 heterocycles. The lowest BCUT2D eigenvalue weighted by Crippen LogP contribution is -2.52. The quantitative estimate of drug-likeness (QED) is 0.834. The number of hydrogen-bond acceptors (Lipinski definition) is 4. The summed E-state index contributed by atoms with van der Waals surface area (Å²) in [6.45, 7) is 5.68. The van der Waals surface area contributed by atoms with Crippen LogP contribution in [-0.4, -0.2) is 23.3 Å². The van der Waals surface area contributed by atoms with Crippen LogP contribution in [-0.2, 0) is 9.53 Å². The highest BCUT2D eigenvalue weighted by Crippen LogP contribution is 2.47. The monoisotopic (exact) mass is 250 g/mol. The van der Waals surface area contributed by atoms with E-state index in [2.05, 4.69) is 0 Å². The molecule has 1 N–H and O–H groups in total. The maximum atomic E-state index is 12.2. The molecule has 2 rings (SSSR count). The predicted octanol–water partition coefficient (Wildman–Crippen LogP) is 2.07. The maximum absolute atomic E-state index is 12.2. The Hall–Kier alpha value is -1.55. The minimum Gasteiger partial charge on any atom is -0.472 e. The van der Waals surface area contributed by atoms with Gasteiger partial charge in [-0.05, 0) is 13.0 Å². The molecule has 0 spiro atoms. The molecular weight excluding hydrogens is 232 g/mol. The zero-order chi connectivity index (χ0) is 13.3. The number of ether oxygens (including phenoxy) is 2. The van der Waals surface area contributed by atoms with Crippen molar-refractivity contribution in [1.29, 1.82) is 0 Å². The molecule has 2 atom stereocenters. The Morgan fingerprint density at radius 2 is 2.17 bits per heavy atom. The second-order valence-electron chi connectivity index (χ2n) is 4.71. The molecule has 4 nitrogen and oxygen atoms in total. The fourth-order valence-corrected chi connectivity index (χ4v) is 2.33. The van der Waals surface area contributed by atoms with E-state index in [1.54, 1.807) is 19.1 Å². The van der Waals surface area contributed by atoms with E-state index in [0.29, 0.717) is 11.3 Å². The summed E-state index contributed by atoms with van der Waals surface area (Å²) in [6.07, 6.45) is -0.993. The minimum atomic E-state index is -1.33. The summed E-state index contributed by atoms with van der Waals surface area (Å²) in [4.78, 5) is 12.2. The van der Waals surface area contributed by atoms with Crippen molar-refractivity contribution in [3.63, 3.8) is 0 Å². The first-order valence-electron chi connectivity index (χ1n) is 6.17. The average Bonchev–Trinajstić information content (AvgIpc) is 2.65. The molecule has 1 aromatic carbocycles. The van der Waals surface area contributed by atoms with Gasteiger partial charge >= 0.3 is 5.97 Å². The smallest absolute Gasteiger partial charge is 0.353 e. The summed E-state index contributed by atoms with van der Waals surface area (Å²) in [7, 11) is 0. The molecule has 1 aromatic rings. The van der Waals surface area contributed by atoms with Crippen molar-refractivity contribution in [3.05, 3.63) is 29.8 Å². The molecule has 0 fully saturated rings. The third kappa shape index (κ3) is 1.68. The van der Waals surface area contributed by atoms with Crippen molar-refractivity contribution in [2.45, 2.75) is 32.5 Å². The molecule has 1 aliphatic rings. The Kier molecular flexibility index (Phi) is 3.30. The fourth-order valence-electron chi connectivity index (χ4n) is 2.33. The zero-order valence-corrected chi connectivity index (χ0v) is 10.8. The van der Waals surface area contributed by atoms with E-state index in [9.17, 15) is 9.90 Å². The van der Waals surface area contributed by atoms with E-state index in [1.807, 2.05) is 26.0 Å². The first-order valence-corrected chi connectivity index (χ1v) is 6.17. The van der Waals surface area contributed by atoms with Gasteiger partial charge in [0.05, 0.1) is 6.61 Å². The Balaban J connectivity index is 2.44. The van der Waals surface area contributed by atoms with Crippen LogP contribution in [0, 0.1) is 5.92 Å². The summed E-state index contributed by atoms with van der Waals surface area (Å²) >= 11 is 0. The van der Waals surface area contributed by atoms with Crippen molar-refractivity contribution in [1.82, 2.24) is 0 Å². The van der Waals surface area contributed by atoms with E-state index in [1.165, 1.54) is 0 Å². The van der Waals surface area contributed by atoms with Gasteiger partial charge in [-0.15, -0.1) is 0 Å². The van der Waals surface area contributed by atoms with E-state index in [4.69, 9.17) is 9.47 Å². The van der Waals surface area contributed by atoms with Crippen LogP contribution in [0.25, 0.3) is 0 Å². The Bertz CT molecular complexity index is 455. The van der Waals surface area contributed by atoms with Crippen LogP contribution in [0.1, 0.15) is 32.4 Å². The Morgan fingerprint density at radius 3 is 2.72 bits per heavy atom. The number of esters is 1. The van der Waals surface area contributed by atoms with Crippen molar-refractivity contribution in [2.24, 2.45) is 5.92 Å². The first kappa shape index (κ1) is 12.9. The van der Waals surface area contributed by atoms with Crippen LogP contribution in [0.2, 0.25) is 0 Å². The van der Waals surface area contributed by atoms with Crippen LogP contribution in [0.3, 0.4) is 0 Å². The summed E-state index contributed by atoms with van der Waals surface area (Å²) in [5, 5.41) is 10.4. The molecule has 0 amide bonds. The highest BCUT2D eigenvalue weighted by atomic mass is 16.6. The molecule has 18 heavy (non-hydrogen) atoms. The third-order valence-electron chi connectivity index (χ3n) is 3.35. The number of aliphatic hydroxyl groups excluding tert-OH is 1. The van der Waals surface area contributed by atoms with Crippen molar-refractivity contribution in [2.75, 3.05) is 6.61 Å². The lowest BCUT2D eigenvalue weighted by molar-refractivity contribution is -0.175. The first-order chi connectivity index (χ1) is 8.54. The molecule has 0 aliphatic carbocycles. The number of hydrogen-bond donors (Lipinski definition) is 1. The van der Waals surface area contributed by atoms with Gasteiger partial charge < -0.3 is 14.6 Å². The number of fused-ring (bicyclic) bond motifs is 1. The molecular formula is C14H18O4. The molecule has 0 aromatic heterocycles. The maximum Gasteiger partial charge on any atom is 0.353 e. The SMILES string of the molecule is CCOC(=O)C1(C(C)C)Oc2ccccc2C1O. The second kappa shape index (κ2) is 4.61. The highest BCUT2D eigenvalue weighted by molar-refractivity contribution is 5.83. The van der Waals surface area contributed by atoms with Crippen LogP contribution < -0.4 is 4.74 Å². The highest BCUT2D eigenvalue weighted by Gasteiger charge is 2.57. The van der Waals surface area contributed by atoms with Crippen molar-refractivity contribution < 1.29 is 19.4 Å². The standard InChI is InChI=1S/C14H18O4/c1-4-17-13(16)14(9(2)3)12(15)10-7-5-6-8-11(10)18-14/h5-9,12,15H,4H2,1-3H3. The van der Waals surface area contributed by atoms with Crippen LogP contribution in [0.5, 0.6) is 5.75 Å². The number of rotatable bonds is 3. The van der Waals surface area contributed by atoms with Gasteiger partial charge in [-0.1, -0.05) is 32.0 Å². The zero-order valence-electron chi connectivity index (χ0n) is 10.8. The van der Waals surface area contributed by atoms with Crippen LogP contribution in [0.15, 0.2) is 24.3 Å². The topological polar surface area (TPSA) is 55.8 Å². The largest absolute Gasteiger partial charge is 0.472 e. The van der Waals surface area contributed by atoms with Gasteiger partial charge in [-0.25, -0.2) is 4.79 Å². The number of carbonyl (C=O) groups is 1. The van der Waals surface area contributed by atoms with Gasteiger partial charge in [-0.2, -0.15) is 0 Å². The molecule has 4 heteroatoms. The Morgan fingerprint density at radius 1 is 1.50 bits per heavy atom. The summed E-state index contributed by atoms with van der Waals surface area (Å²) in [5.74, 6) is -0.158. The summed E-state index contributed by atoms with van der Waals surface area (Å²) < 4.78 is 10.8. The normalized spacial score (nSPS) is 25.7. The predicted molar refractivity (Wildman–Crippen MR) is 66.2 cm³/mol. The van der Waals surface area contributed by atoms with E-state index in [0.717, 1.165) is 0 Å². The van der Waals surface area contributed by atoms with Gasteiger partial charge in [0.25, 0.3) is 0 Å². The molecule has 0 radical (unpaired) electrons. The van der Waals surface area contributed by atoms with Gasteiger partial charge in [0, 0.05) is 11.5 Å². The van der Waals surface area contributed by atoms with Gasteiger partial charge in [0.1, 0.15) is 11.9 Å². The fraction of sp³-hybridized carbons (Fsp3) is 0.500. The molecule has 0 bridgehead atoms. The lowest BCUT2D eigenvalue weighted by Gasteiger charge is -2.32. The minimum absolute atomic E-state index is 0.195. The number of aliphatic hydroxyl groups is 1. The Labute approximate surface area is 107 Å². The van der Waals surface area contributed by atoms with E-state index < -0.39 is 17.7 Å². The van der Waals surface area contributed by atoms with Gasteiger partial charge in [0.15, 0.2) is 0 Å². The number of carbonyl (C=O) groups excluding carboxylic acids is 1. The third-order valence-corrected chi connectivity index (χ3v) is 3.35. The van der Waals surface area contributed by atoms with Crippen molar-refractivity contribution >= 4 is 5.97 Å². The van der Waals surface area contributed by atoms with Crippen LogP contribution >= 0.6 is 0 Å². The lowest BCUT2D eigenvalue weighted by atomic mass is 9.83. The van der Waals surface area contributed by atoms with Gasteiger partial charge in [-0.3, -0.25) is 0 Å². The molecule has 1 aliphatic heterocycles. The summed E-state index contributed by atoms with van der Waals surface area (Å²) in [6, 6.07) is 7.14. The van der Waals surface area contributed by atoms with E-state index in [-0.39, 0.29) is 12.5 Å². The molecule has 0 saturated heterocycles. The number of benzene rings is 1. The molecule has 98 valence electrons. The van der Waals surface area contributed by atoms with Gasteiger partial charge in [0.2, 0.25) is 5.60 Å². The van der Waals surface area contributed by atoms with E-state index >= 15 is 0 Å². The average molecular weight is 250 g/mol.